The van der Waals surface area contributed by atoms with Crippen LogP contribution in [0.25, 0.3) is 89.0 Å². The number of hydrogen-bond acceptors (Lipinski definition) is 2. The molecule has 0 amide bonds. The fraction of sp³-hybridized carbons (Fsp3) is 0.0676. The minimum atomic E-state index is -0.545. The van der Waals surface area contributed by atoms with Gasteiger partial charge >= 0.3 is 0 Å². The second kappa shape index (κ2) is 17.6. The van der Waals surface area contributed by atoms with Crippen LogP contribution in [0.3, 0.4) is 0 Å². The van der Waals surface area contributed by atoms with Gasteiger partial charge in [-0.25, -0.2) is 0 Å². The number of hydrogen-bond donors (Lipinski definition) is 0. The normalized spacial score (nSPS) is 13.0. The van der Waals surface area contributed by atoms with Crippen LogP contribution in [0, 0.1) is 11.3 Å². The van der Waals surface area contributed by atoms with Gasteiger partial charge in [-0.2, -0.15) is 5.26 Å². The fourth-order valence-electron chi connectivity index (χ4n) is 13.0. The first-order valence-electron chi connectivity index (χ1n) is 26.4. The van der Waals surface area contributed by atoms with Crippen molar-refractivity contribution in [2.45, 2.75) is 31.6 Å². The number of benzene rings is 12. The molecule has 0 aliphatic heterocycles. The van der Waals surface area contributed by atoms with E-state index in [1.54, 1.807) is 0 Å². The molecule has 2 heteroatoms. The van der Waals surface area contributed by atoms with E-state index in [0.717, 1.165) is 28.2 Å². The second-order valence-corrected chi connectivity index (χ2v) is 21.5. The fourth-order valence-corrected chi connectivity index (χ4v) is 13.0. The summed E-state index contributed by atoms with van der Waals surface area (Å²) in [7, 11) is 0. The average Bonchev–Trinajstić information content (AvgIpc) is 4.02. The van der Waals surface area contributed by atoms with Crippen molar-refractivity contribution in [3.8, 4) is 50.6 Å². The van der Waals surface area contributed by atoms with Gasteiger partial charge in [0.15, 0.2) is 0 Å². The largest absolute Gasteiger partial charge is 0.310 e. The molecule has 0 bridgehead atoms. The van der Waals surface area contributed by atoms with E-state index >= 15 is 0 Å². The van der Waals surface area contributed by atoms with Crippen LogP contribution in [0.4, 0.5) is 17.1 Å². The van der Waals surface area contributed by atoms with Gasteiger partial charge in [0.1, 0.15) is 0 Å². The molecule has 0 heterocycles. The van der Waals surface area contributed by atoms with Crippen LogP contribution >= 0.6 is 0 Å². The first-order chi connectivity index (χ1) is 37.3. The SMILES string of the molecule is CC(C)(C)c1ccc(-c2c3ccccc3c(-c3ccc(/C=C/c4ccc5c(c4)C4(c6ccccc6-c6ccccc64)c4cc(N(c6ccccc6)c6ccc(C#N)cc6)ccc4-5)cc3)c3ccccc23)c2ccccc12. The van der Waals surface area contributed by atoms with Gasteiger partial charge in [-0.1, -0.05) is 227 Å². The van der Waals surface area contributed by atoms with E-state index in [1.807, 2.05) is 24.3 Å². The van der Waals surface area contributed by atoms with Crippen LogP contribution in [-0.4, -0.2) is 0 Å². The maximum Gasteiger partial charge on any atom is 0.0991 e. The molecule has 358 valence electrons. The Morgan fingerprint density at radius 2 is 0.829 bits per heavy atom. The molecule has 0 saturated carbocycles. The highest BCUT2D eigenvalue weighted by Gasteiger charge is 2.52. The van der Waals surface area contributed by atoms with Crippen molar-refractivity contribution in [3.05, 3.63) is 293 Å². The highest BCUT2D eigenvalue weighted by molar-refractivity contribution is 6.23. The topological polar surface area (TPSA) is 27.0 Å². The molecule has 12 aromatic carbocycles. The summed E-state index contributed by atoms with van der Waals surface area (Å²) in [5.74, 6) is 0. The monoisotopic (exact) mass is 968 g/mol. The first-order valence-corrected chi connectivity index (χ1v) is 26.4. The molecule has 0 radical (unpaired) electrons. The minimum Gasteiger partial charge on any atom is -0.310 e. The van der Waals surface area contributed by atoms with Crippen molar-refractivity contribution in [3.63, 3.8) is 0 Å². The summed E-state index contributed by atoms with van der Waals surface area (Å²) in [4.78, 5) is 2.30. The zero-order chi connectivity index (χ0) is 51.1. The van der Waals surface area contributed by atoms with Crippen LogP contribution < -0.4 is 4.90 Å². The Morgan fingerprint density at radius 1 is 0.368 bits per heavy atom. The maximum absolute atomic E-state index is 9.70. The number of anilines is 3. The third-order valence-corrected chi connectivity index (χ3v) is 16.2. The van der Waals surface area contributed by atoms with E-state index in [9.17, 15) is 5.26 Å². The van der Waals surface area contributed by atoms with Crippen LogP contribution in [0.1, 0.15) is 65.3 Å². The van der Waals surface area contributed by atoms with Gasteiger partial charge in [0.25, 0.3) is 0 Å². The van der Waals surface area contributed by atoms with E-state index in [4.69, 9.17) is 0 Å². The van der Waals surface area contributed by atoms with Gasteiger partial charge in [0, 0.05) is 17.1 Å². The summed E-state index contributed by atoms with van der Waals surface area (Å²) in [6, 6.07) is 93.5. The lowest BCUT2D eigenvalue weighted by atomic mass is 9.70. The summed E-state index contributed by atoms with van der Waals surface area (Å²) in [5, 5.41) is 17.3. The number of rotatable bonds is 7. The molecule has 2 nitrogen and oxygen atoms in total. The van der Waals surface area contributed by atoms with Crippen LogP contribution in [0.15, 0.2) is 249 Å². The predicted octanol–water partition coefficient (Wildman–Crippen LogP) is 19.6. The molecule has 2 aliphatic carbocycles. The van der Waals surface area contributed by atoms with Crippen molar-refractivity contribution in [2.75, 3.05) is 4.90 Å². The van der Waals surface area contributed by atoms with Gasteiger partial charge in [0.05, 0.1) is 17.0 Å². The standard InChI is InChI=1S/C74H52N2/c1-73(2,3)66-44-43-65(55-19-7-8-20-56(55)66)72-63-25-11-9-23-61(63)71(62-24-10-12-26-64(62)72)51-36-31-48(32-37-51)29-30-49-35-41-59-60-42-40-54(76(52-17-5-4-6-18-52)53-38-33-50(47-75)34-39-53)46-70(60)74(69(59)45-49)67-27-15-13-21-57(67)58-22-14-16-28-68(58)74/h4-46H,1-3H3/b30-29+. The third-order valence-electron chi connectivity index (χ3n) is 16.2. The lowest BCUT2D eigenvalue weighted by Crippen LogP contribution is -2.26. The third kappa shape index (κ3) is 6.93. The lowest BCUT2D eigenvalue weighted by molar-refractivity contribution is 0.596. The molecule has 0 aromatic heterocycles. The van der Waals surface area contributed by atoms with Gasteiger partial charge in [-0.15, -0.1) is 0 Å². The Hall–Kier alpha value is -9.55. The number of fused-ring (bicyclic) bond motifs is 13. The molecule has 0 saturated heterocycles. The Kier molecular flexibility index (Phi) is 10.4. The molecular weight excluding hydrogens is 917 g/mol. The predicted molar refractivity (Wildman–Crippen MR) is 320 cm³/mol. The van der Waals surface area contributed by atoms with E-state index in [-0.39, 0.29) is 5.41 Å². The maximum atomic E-state index is 9.70. The molecule has 2 aliphatic rings. The Bertz CT molecular complexity index is 4270. The number of nitriles is 1. The second-order valence-electron chi connectivity index (χ2n) is 21.5. The van der Waals surface area contributed by atoms with Gasteiger partial charge in [-0.05, 0) is 176 Å². The number of para-hydroxylation sites is 1. The van der Waals surface area contributed by atoms with Crippen molar-refractivity contribution < 1.29 is 0 Å². The zero-order valence-electron chi connectivity index (χ0n) is 42.7. The Morgan fingerprint density at radius 3 is 1.45 bits per heavy atom. The van der Waals surface area contributed by atoms with Gasteiger partial charge < -0.3 is 4.90 Å². The number of nitrogens with zero attached hydrogens (tertiary/aromatic N) is 2. The van der Waals surface area contributed by atoms with E-state index < -0.39 is 5.41 Å². The quantitative estimate of drug-likeness (QED) is 0.118. The smallest absolute Gasteiger partial charge is 0.0991 e. The minimum absolute atomic E-state index is 0.0208. The molecule has 12 aromatic rings. The molecule has 0 atom stereocenters. The van der Waals surface area contributed by atoms with Gasteiger partial charge in [-0.3, -0.25) is 0 Å². The summed E-state index contributed by atoms with van der Waals surface area (Å²) >= 11 is 0. The van der Waals surface area contributed by atoms with Crippen LogP contribution in [-0.2, 0) is 10.8 Å². The summed E-state index contributed by atoms with van der Waals surface area (Å²) < 4.78 is 0. The molecule has 0 unspecified atom stereocenters. The first kappa shape index (κ1) is 45.1. The summed E-state index contributed by atoms with van der Waals surface area (Å²) in [6.45, 7) is 6.92. The van der Waals surface area contributed by atoms with Crippen molar-refractivity contribution in [1.82, 2.24) is 0 Å². The molecule has 76 heavy (non-hydrogen) atoms. The zero-order valence-corrected chi connectivity index (χ0v) is 42.7. The molecule has 1 spiro atoms. The van der Waals surface area contributed by atoms with Crippen LogP contribution in [0.2, 0.25) is 0 Å². The molecule has 0 N–H and O–H groups in total. The van der Waals surface area contributed by atoms with Gasteiger partial charge in [0.2, 0.25) is 0 Å². The summed E-state index contributed by atoms with van der Waals surface area (Å²) in [5.41, 5.74) is 22.1. The highest BCUT2D eigenvalue weighted by Crippen LogP contribution is 2.63. The van der Waals surface area contributed by atoms with Crippen LogP contribution in [0.5, 0.6) is 0 Å². The summed E-state index contributed by atoms with van der Waals surface area (Å²) in [6.07, 6.45) is 4.54. The average molecular weight is 969 g/mol. The lowest BCUT2D eigenvalue weighted by Gasteiger charge is -2.32. The highest BCUT2D eigenvalue weighted by atomic mass is 15.1. The van der Waals surface area contributed by atoms with E-state index in [0.29, 0.717) is 5.56 Å². The Balaban J connectivity index is 0.867. The van der Waals surface area contributed by atoms with E-state index in [1.165, 1.54) is 105 Å². The van der Waals surface area contributed by atoms with Crippen molar-refractivity contribution >= 4 is 61.5 Å². The van der Waals surface area contributed by atoms with E-state index in [2.05, 4.69) is 268 Å². The molecule has 14 rings (SSSR count). The molecular formula is C74H52N2. The molecule has 0 fully saturated rings. The van der Waals surface area contributed by atoms with Crippen molar-refractivity contribution in [2.24, 2.45) is 0 Å². The Labute approximate surface area is 444 Å². The van der Waals surface area contributed by atoms with Crippen molar-refractivity contribution in [1.29, 1.82) is 5.26 Å².